The Bertz CT molecular complexity index is 433. The monoisotopic (exact) mass is 260 g/mol. The van der Waals surface area contributed by atoms with Crippen LogP contribution < -0.4 is 4.74 Å². The van der Waals surface area contributed by atoms with Crippen LogP contribution in [0.15, 0.2) is 24.8 Å². The second kappa shape index (κ2) is 8.36. The van der Waals surface area contributed by atoms with E-state index in [9.17, 15) is 10.2 Å². The van der Waals surface area contributed by atoms with Gasteiger partial charge in [0, 0.05) is 16.7 Å². The molecule has 0 atom stereocenters. The molecule has 0 saturated heterocycles. The Hall–Kier alpha value is -1.76. The van der Waals surface area contributed by atoms with E-state index in [-0.39, 0.29) is 13.2 Å². The molecule has 2 N–H and O–H groups in total. The first-order valence-electron chi connectivity index (χ1n) is 6.34. The highest BCUT2D eigenvalue weighted by molar-refractivity contribution is 5.48. The fourth-order valence-electron chi connectivity index (χ4n) is 1.82. The summed E-state index contributed by atoms with van der Waals surface area (Å²) < 4.78 is 5.67. The van der Waals surface area contributed by atoms with Crippen molar-refractivity contribution in [1.82, 2.24) is 0 Å². The zero-order valence-corrected chi connectivity index (χ0v) is 11.1. The van der Waals surface area contributed by atoms with Crippen molar-refractivity contribution in [2.45, 2.75) is 32.5 Å². The van der Waals surface area contributed by atoms with Gasteiger partial charge in [0.05, 0.1) is 19.8 Å². The van der Waals surface area contributed by atoms with Crippen LogP contribution in [-0.4, -0.2) is 16.8 Å². The van der Waals surface area contributed by atoms with Gasteiger partial charge in [0.25, 0.3) is 0 Å². The SMILES string of the molecule is C#Cc1cc(CO)c(OCCCCC=C)c(CO)c1. The maximum Gasteiger partial charge on any atom is 0.130 e. The van der Waals surface area contributed by atoms with Gasteiger partial charge in [-0.05, 0) is 31.4 Å². The summed E-state index contributed by atoms with van der Waals surface area (Å²) in [5, 5.41) is 18.7. The number of hydrogen-bond acceptors (Lipinski definition) is 3. The highest BCUT2D eigenvalue weighted by atomic mass is 16.5. The summed E-state index contributed by atoms with van der Waals surface area (Å²) in [6, 6.07) is 3.41. The lowest BCUT2D eigenvalue weighted by Crippen LogP contribution is -2.04. The molecule has 1 rings (SSSR count). The van der Waals surface area contributed by atoms with Gasteiger partial charge in [-0.15, -0.1) is 13.0 Å². The molecule has 0 radical (unpaired) electrons. The molecule has 0 aromatic heterocycles. The zero-order chi connectivity index (χ0) is 14.1. The van der Waals surface area contributed by atoms with Crippen LogP contribution in [0.25, 0.3) is 0 Å². The molecule has 0 fully saturated rings. The van der Waals surface area contributed by atoms with E-state index in [1.165, 1.54) is 0 Å². The summed E-state index contributed by atoms with van der Waals surface area (Å²) in [5.41, 5.74) is 1.86. The number of hydrogen-bond donors (Lipinski definition) is 2. The van der Waals surface area contributed by atoms with Crippen LogP contribution in [0.2, 0.25) is 0 Å². The van der Waals surface area contributed by atoms with Gasteiger partial charge in [-0.1, -0.05) is 12.0 Å². The average Bonchev–Trinajstić information content (AvgIpc) is 2.46. The molecule has 0 aliphatic heterocycles. The summed E-state index contributed by atoms with van der Waals surface area (Å²) in [6.07, 6.45) is 10.1. The van der Waals surface area contributed by atoms with Gasteiger partial charge in [0.15, 0.2) is 0 Å². The first-order valence-corrected chi connectivity index (χ1v) is 6.34. The fraction of sp³-hybridized carbons (Fsp3) is 0.375. The van der Waals surface area contributed by atoms with Gasteiger partial charge in [-0.2, -0.15) is 0 Å². The van der Waals surface area contributed by atoms with E-state index in [0.29, 0.717) is 29.0 Å². The molecule has 0 unspecified atom stereocenters. The third kappa shape index (κ3) is 4.44. The third-order valence-electron chi connectivity index (χ3n) is 2.80. The van der Waals surface area contributed by atoms with Crippen molar-refractivity contribution in [1.29, 1.82) is 0 Å². The Morgan fingerprint density at radius 2 is 1.84 bits per heavy atom. The highest BCUT2D eigenvalue weighted by Gasteiger charge is 2.11. The zero-order valence-electron chi connectivity index (χ0n) is 11.1. The van der Waals surface area contributed by atoms with Crippen LogP contribution in [0.1, 0.15) is 36.0 Å². The minimum absolute atomic E-state index is 0.162. The Labute approximate surface area is 114 Å². The lowest BCUT2D eigenvalue weighted by atomic mass is 10.0. The molecule has 1 aromatic carbocycles. The molecule has 102 valence electrons. The Balaban J connectivity index is 2.80. The van der Waals surface area contributed by atoms with E-state index in [1.807, 2.05) is 6.08 Å². The molecule has 0 saturated carbocycles. The molecule has 0 spiro atoms. The van der Waals surface area contributed by atoms with E-state index in [4.69, 9.17) is 11.2 Å². The number of aliphatic hydroxyl groups excluding tert-OH is 2. The number of terminal acetylenes is 1. The quantitative estimate of drug-likeness (QED) is 0.428. The molecule has 3 heteroatoms. The van der Waals surface area contributed by atoms with E-state index in [2.05, 4.69) is 12.5 Å². The summed E-state index contributed by atoms with van der Waals surface area (Å²) in [5.74, 6) is 3.04. The van der Waals surface area contributed by atoms with Crippen LogP contribution in [0, 0.1) is 12.3 Å². The van der Waals surface area contributed by atoms with Crippen molar-refractivity contribution in [3.8, 4) is 18.1 Å². The molecular weight excluding hydrogens is 240 g/mol. The maximum absolute atomic E-state index is 9.36. The van der Waals surface area contributed by atoms with E-state index >= 15 is 0 Å². The number of aliphatic hydroxyl groups is 2. The smallest absolute Gasteiger partial charge is 0.130 e. The Morgan fingerprint density at radius 3 is 2.32 bits per heavy atom. The van der Waals surface area contributed by atoms with E-state index in [1.54, 1.807) is 12.1 Å². The average molecular weight is 260 g/mol. The normalized spacial score (nSPS) is 9.95. The minimum Gasteiger partial charge on any atom is -0.493 e. The highest BCUT2D eigenvalue weighted by Crippen LogP contribution is 2.26. The van der Waals surface area contributed by atoms with Crippen molar-refractivity contribution in [2.24, 2.45) is 0 Å². The van der Waals surface area contributed by atoms with Crippen molar-refractivity contribution in [2.75, 3.05) is 6.61 Å². The van der Waals surface area contributed by atoms with Crippen LogP contribution in [0.3, 0.4) is 0 Å². The van der Waals surface area contributed by atoms with Gasteiger partial charge >= 0.3 is 0 Å². The molecule has 0 aliphatic rings. The summed E-state index contributed by atoms with van der Waals surface area (Å²) in [6.45, 7) is 3.89. The molecule has 19 heavy (non-hydrogen) atoms. The summed E-state index contributed by atoms with van der Waals surface area (Å²) in [4.78, 5) is 0. The van der Waals surface area contributed by atoms with E-state index < -0.39 is 0 Å². The minimum atomic E-state index is -0.162. The van der Waals surface area contributed by atoms with Crippen LogP contribution in [0.5, 0.6) is 5.75 Å². The van der Waals surface area contributed by atoms with Crippen LogP contribution >= 0.6 is 0 Å². The van der Waals surface area contributed by atoms with Crippen LogP contribution in [0.4, 0.5) is 0 Å². The molecule has 0 bridgehead atoms. The Kier molecular flexibility index (Phi) is 6.73. The van der Waals surface area contributed by atoms with Gasteiger partial charge in [-0.3, -0.25) is 0 Å². The third-order valence-corrected chi connectivity index (χ3v) is 2.80. The molecule has 1 aromatic rings. The van der Waals surface area contributed by atoms with Gasteiger partial charge in [0.1, 0.15) is 5.75 Å². The summed E-state index contributed by atoms with van der Waals surface area (Å²) >= 11 is 0. The lowest BCUT2D eigenvalue weighted by molar-refractivity contribution is 0.244. The molecule has 0 amide bonds. The standard InChI is InChI=1S/C16H20O3/c1-3-5-6-7-8-19-16-14(11-17)9-13(4-2)10-15(16)12-18/h2-3,9-10,17-18H,1,5-8,11-12H2. The predicted molar refractivity (Wildman–Crippen MR) is 75.8 cm³/mol. The van der Waals surface area contributed by atoms with Gasteiger partial charge in [-0.25, -0.2) is 0 Å². The van der Waals surface area contributed by atoms with Crippen molar-refractivity contribution in [3.63, 3.8) is 0 Å². The predicted octanol–water partition coefficient (Wildman–Crippen LogP) is 2.39. The van der Waals surface area contributed by atoms with Crippen LogP contribution in [-0.2, 0) is 13.2 Å². The van der Waals surface area contributed by atoms with Gasteiger partial charge in [0.2, 0.25) is 0 Å². The lowest BCUT2D eigenvalue weighted by Gasteiger charge is -2.14. The number of unbranched alkanes of at least 4 members (excludes halogenated alkanes) is 2. The topological polar surface area (TPSA) is 49.7 Å². The van der Waals surface area contributed by atoms with Crippen molar-refractivity contribution < 1.29 is 14.9 Å². The molecular formula is C16H20O3. The Morgan fingerprint density at radius 1 is 1.21 bits per heavy atom. The van der Waals surface area contributed by atoms with E-state index in [0.717, 1.165) is 19.3 Å². The second-order valence-electron chi connectivity index (χ2n) is 4.22. The maximum atomic E-state index is 9.36. The fourth-order valence-corrected chi connectivity index (χ4v) is 1.82. The largest absolute Gasteiger partial charge is 0.493 e. The molecule has 0 heterocycles. The second-order valence-corrected chi connectivity index (χ2v) is 4.22. The van der Waals surface area contributed by atoms with Crippen molar-refractivity contribution >= 4 is 0 Å². The number of benzene rings is 1. The molecule has 3 nitrogen and oxygen atoms in total. The summed E-state index contributed by atoms with van der Waals surface area (Å²) in [7, 11) is 0. The van der Waals surface area contributed by atoms with Gasteiger partial charge < -0.3 is 14.9 Å². The number of ether oxygens (including phenoxy) is 1. The molecule has 0 aliphatic carbocycles. The first kappa shape index (κ1) is 15.3. The van der Waals surface area contributed by atoms with Crippen molar-refractivity contribution in [3.05, 3.63) is 41.5 Å². The number of allylic oxidation sites excluding steroid dienone is 1. The number of rotatable bonds is 8. The first-order chi connectivity index (χ1) is 9.26.